The number of aromatic hydroxyl groups is 2. The third-order valence-corrected chi connectivity index (χ3v) is 9.01. The van der Waals surface area contributed by atoms with Gasteiger partial charge in [-0.25, -0.2) is 0 Å². The molecule has 10 nitrogen and oxygen atoms in total. The van der Waals surface area contributed by atoms with Crippen LogP contribution < -0.4 is 4.74 Å². The molecule has 1 saturated heterocycles. The molecule has 5 N–H and O–H groups in total. The lowest BCUT2D eigenvalue weighted by atomic mass is 9.70. The Balaban J connectivity index is 1.58. The highest BCUT2D eigenvalue weighted by molar-refractivity contribution is 6.31. The van der Waals surface area contributed by atoms with Crippen molar-refractivity contribution in [2.24, 2.45) is 0 Å². The number of nitrogens with zero attached hydrogens (tertiary/aromatic N) is 1. The minimum absolute atomic E-state index is 0.0539. The number of rotatable bonds is 2. The molecule has 7 atom stereocenters. The lowest BCUT2D eigenvalue weighted by molar-refractivity contribution is -0.311. The number of hydrogen-bond donors (Lipinski definition) is 5. The highest BCUT2D eigenvalue weighted by Crippen LogP contribution is 2.54. The van der Waals surface area contributed by atoms with Crippen LogP contribution in [0, 0.1) is 0 Å². The summed E-state index contributed by atoms with van der Waals surface area (Å²) in [6, 6.07) is 2.02. The van der Waals surface area contributed by atoms with Crippen LogP contribution in [0.1, 0.15) is 88.1 Å². The fourth-order valence-electron chi connectivity index (χ4n) is 7.14. The molecule has 4 aliphatic rings. The van der Waals surface area contributed by atoms with Crippen molar-refractivity contribution in [3.05, 3.63) is 51.1 Å². The zero-order valence-electron chi connectivity index (χ0n) is 22.5. The zero-order chi connectivity index (χ0) is 28.3. The second kappa shape index (κ2) is 8.25. The standard InChI is InChI=1S/C29H33NO9/c1-6-11-9-28(2,37)10-12-7-13-17(22(33)16(11)12)23(34)18-15(31)8-14-25(19(18)21(13)32)38-27-24(35)20(30(4)5)26(36)29(14,3)39-27/h7-8,11,20,24,26-27,31,33,35-37H,6,9-10H2,1-5H3. The van der Waals surface area contributed by atoms with Crippen LogP contribution in [0.2, 0.25) is 0 Å². The van der Waals surface area contributed by atoms with Gasteiger partial charge in [-0.2, -0.15) is 0 Å². The fourth-order valence-corrected chi connectivity index (χ4v) is 7.14. The van der Waals surface area contributed by atoms with Crippen molar-refractivity contribution < 1.29 is 44.6 Å². The summed E-state index contributed by atoms with van der Waals surface area (Å²) in [6.07, 6.45) is -2.61. The molecule has 0 saturated carbocycles. The molecular weight excluding hydrogens is 506 g/mol. The van der Waals surface area contributed by atoms with Gasteiger partial charge in [-0.3, -0.25) is 9.59 Å². The molecule has 2 aromatic rings. The number of carbonyl (C=O) groups is 2. The van der Waals surface area contributed by atoms with Crippen LogP contribution in [0.25, 0.3) is 0 Å². The topological polar surface area (TPSA) is 157 Å². The number of ketones is 2. The first-order valence-corrected chi connectivity index (χ1v) is 13.2. The third kappa shape index (κ3) is 3.39. The van der Waals surface area contributed by atoms with Crippen molar-refractivity contribution in [3.8, 4) is 17.2 Å². The second-order valence-corrected chi connectivity index (χ2v) is 12.0. The number of hydrogen-bond acceptors (Lipinski definition) is 10. The molecule has 0 aromatic heterocycles. The fraction of sp³-hybridized carbons (Fsp3) is 0.517. The van der Waals surface area contributed by atoms with Crippen molar-refractivity contribution in [2.75, 3.05) is 14.1 Å². The average Bonchev–Trinajstić information content (AvgIpc) is 2.84. The van der Waals surface area contributed by atoms with Gasteiger partial charge in [0.25, 0.3) is 0 Å². The van der Waals surface area contributed by atoms with Gasteiger partial charge >= 0.3 is 0 Å². The first-order chi connectivity index (χ1) is 18.2. The summed E-state index contributed by atoms with van der Waals surface area (Å²) in [5.74, 6) is -2.48. The van der Waals surface area contributed by atoms with Crippen LogP contribution in [-0.4, -0.2) is 86.2 Å². The normalized spacial score (nSPS) is 34.6. The third-order valence-electron chi connectivity index (χ3n) is 9.01. The number of aliphatic hydroxyl groups is 3. The lowest BCUT2D eigenvalue weighted by Gasteiger charge is -2.53. The monoisotopic (exact) mass is 539 g/mol. The van der Waals surface area contributed by atoms with Crippen LogP contribution in [-0.2, 0) is 16.8 Å². The van der Waals surface area contributed by atoms with Gasteiger partial charge in [0.1, 0.15) is 35.1 Å². The van der Waals surface area contributed by atoms with E-state index in [0.29, 0.717) is 24.0 Å². The second-order valence-electron chi connectivity index (χ2n) is 12.0. The first kappa shape index (κ1) is 26.2. The van der Waals surface area contributed by atoms with Crippen molar-refractivity contribution >= 4 is 11.6 Å². The minimum Gasteiger partial charge on any atom is -0.507 e. The van der Waals surface area contributed by atoms with Gasteiger partial charge < -0.3 is 39.9 Å². The van der Waals surface area contributed by atoms with E-state index in [1.54, 1.807) is 38.9 Å². The number of phenolic OH excluding ortho intramolecular Hbond substituents is 2. The van der Waals surface area contributed by atoms with E-state index in [1.165, 1.54) is 6.07 Å². The van der Waals surface area contributed by atoms with Gasteiger partial charge in [0.2, 0.25) is 12.1 Å². The number of likely N-dealkylation sites (N-methyl/N-ethyl adjacent to an activating group) is 1. The van der Waals surface area contributed by atoms with E-state index in [9.17, 15) is 35.1 Å². The van der Waals surface area contributed by atoms with Crippen LogP contribution in [0.3, 0.4) is 0 Å². The van der Waals surface area contributed by atoms with E-state index in [4.69, 9.17) is 9.47 Å². The number of aliphatic hydroxyl groups excluding tert-OH is 2. The van der Waals surface area contributed by atoms with E-state index >= 15 is 0 Å². The molecule has 2 aromatic carbocycles. The van der Waals surface area contributed by atoms with Crippen LogP contribution in [0.4, 0.5) is 0 Å². The van der Waals surface area contributed by atoms with E-state index in [-0.39, 0.29) is 51.7 Å². The predicted molar refractivity (Wildman–Crippen MR) is 137 cm³/mol. The van der Waals surface area contributed by atoms with Crippen molar-refractivity contribution in [1.82, 2.24) is 4.90 Å². The molecule has 2 bridgehead atoms. The van der Waals surface area contributed by atoms with Gasteiger partial charge in [0.15, 0.2) is 5.78 Å². The molecule has 1 fully saturated rings. The van der Waals surface area contributed by atoms with Crippen LogP contribution in [0.15, 0.2) is 12.1 Å². The first-order valence-electron chi connectivity index (χ1n) is 13.2. The lowest BCUT2D eigenvalue weighted by Crippen LogP contribution is -2.68. The van der Waals surface area contributed by atoms with Crippen molar-refractivity contribution in [1.29, 1.82) is 0 Å². The molecule has 7 unspecified atom stereocenters. The van der Waals surface area contributed by atoms with Gasteiger partial charge in [-0.05, 0) is 64.4 Å². The summed E-state index contributed by atoms with van der Waals surface area (Å²) in [5, 5.41) is 55.6. The van der Waals surface area contributed by atoms with E-state index in [0.717, 1.165) is 0 Å². The molecule has 208 valence electrons. The molecule has 0 amide bonds. The zero-order valence-corrected chi connectivity index (χ0v) is 22.5. The SMILES string of the molecule is CCC1CC(C)(O)Cc2cc3c(c(O)c21)C(=O)c1c(O)cc2c(c1C3=O)OC1OC2(C)C(O)C(N(C)C)C1O. The molecule has 2 aliphatic heterocycles. The molecule has 2 aliphatic carbocycles. The van der Waals surface area contributed by atoms with Gasteiger partial charge in [-0.15, -0.1) is 0 Å². The van der Waals surface area contributed by atoms with E-state index in [1.807, 2.05) is 6.92 Å². The molecule has 10 heteroatoms. The minimum atomic E-state index is -1.48. The number of fused-ring (bicyclic) bond motifs is 8. The predicted octanol–water partition coefficient (Wildman–Crippen LogP) is 1.68. The molecule has 6 rings (SSSR count). The van der Waals surface area contributed by atoms with E-state index < -0.39 is 53.1 Å². The average molecular weight is 540 g/mol. The number of phenols is 2. The Bertz CT molecular complexity index is 1450. The number of carbonyl (C=O) groups excluding carboxylic acids is 2. The summed E-state index contributed by atoms with van der Waals surface area (Å²) >= 11 is 0. The molecule has 0 spiro atoms. The summed E-state index contributed by atoms with van der Waals surface area (Å²) in [5.41, 5.74) is -2.00. The van der Waals surface area contributed by atoms with Gasteiger partial charge in [-0.1, -0.05) is 6.92 Å². The maximum absolute atomic E-state index is 14.1. The summed E-state index contributed by atoms with van der Waals surface area (Å²) in [7, 11) is 3.39. The maximum atomic E-state index is 14.1. The summed E-state index contributed by atoms with van der Waals surface area (Å²) in [4.78, 5) is 29.6. The highest BCUT2D eigenvalue weighted by atomic mass is 16.7. The Morgan fingerprint density at radius 1 is 1.05 bits per heavy atom. The Kier molecular flexibility index (Phi) is 5.54. The number of ether oxygens (including phenoxy) is 2. The molecule has 2 heterocycles. The molecule has 0 radical (unpaired) electrons. The molecular formula is C29H33NO9. The molecule has 39 heavy (non-hydrogen) atoms. The van der Waals surface area contributed by atoms with Gasteiger partial charge in [0.05, 0.1) is 28.3 Å². The van der Waals surface area contributed by atoms with Crippen LogP contribution >= 0.6 is 0 Å². The largest absolute Gasteiger partial charge is 0.507 e. The quantitative estimate of drug-likeness (QED) is 0.325. The van der Waals surface area contributed by atoms with Crippen molar-refractivity contribution in [3.63, 3.8) is 0 Å². The van der Waals surface area contributed by atoms with Crippen LogP contribution in [0.5, 0.6) is 17.2 Å². The highest BCUT2D eigenvalue weighted by Gasteiger charge is 2.59. The Morgan fingerprint density at radius 3 is 2.38 bits per heavy atom. The number of benzene rings is 2. The summed E-state index contributed by atoms with van der Waals surface area (Å²) < 4.78 is 11.9. The smallest absolute Gasteiger partial charge is 0.228 e. The Hall–Kier alpha value is -3.02. The Morgan fingerprint density at radius 2 is 1.74 bits per heavy atom. The van der Waals surface area contributed by atoms with Crippen molar-refractivity contribution in [2.45, 2.75) is 81.7 Å². The van der Waals surface area contributed by atoms with E-state index in [2.05, 4.69) is 0 Å². The van der Waals surface area contributed by atoms with Gasteiger partial charge in [0, 0.05) is 23.1 Å². The summed E-state index contributed by atoms with van der Waals surface area (Å²) in [6.45, 7) is 5.21. The Labute approximate surface area is 225 Å². The maximum Gasteiger partial charge on any atom is 0.228 e.